The third-order valence-electron chi connectivity index (χ3n) is 4.96. The molecule has 0 amide bonds. The van der Waals surface area contributed by atoms with Crippen molar-refractivity contribution >= 4 is 0 Å². The molecule has 0 aromatic heterocycles. The Bertz CT molecular complexity index is 292. The van der Waals surface area contributed by atoms with E-state index in [9.17, 15) is 0 Å². The number of piperidine rings is 1. The number of likely N-dealkylation sites (tertiary alicyclic amines) is 1. The Morgan fingerprint density at radius 3 is 2.52 bits per heavy atom. The van der Waals surface area contributed by atoms with Crippen molar-refractivity contribution in [3.8, 4) is 0 Å². The molecule has 0 aromatic carbocycles. The number of hydrogen-bond acceptors (Lipinski definition) is 4. The van der Waals surface area contributed by atoms with Crippen LogP contribution in [0.3, 0.4) is 0 Å². The Hall–Kier alpha value is -0.160. The summed E-state index contributed by atoms with van der Waals surface area (Å²) >= 11 is 0. The summed E-state index contributed by atoms with van der Waals surface area (Å²) in [5.74, 6) is 0.890. The van der Waals surface area contributed by atoms with Gasteiger partial charge < -0.3 is 19.9 Å². The van der Waals surface area contributed by atoms with Crippen molar-refractivity contribution in [2.24, 2.45) is 11.3 Å². The van der Waals surface area contributed by atoms with Gasteiger partial charge in [-0.2, -0.15) is 0 Å². The summed E-state index contributed by atoms with van der Waals surface area (Å²) in [6, 6.07) is 0.563. The van der Waals surface area contributed by atoms with Gasteiger partial charge in [-0.05, 0) is 52.4 Å². The van der Waals surface area contributed by atoms with Crippen LogP contribution >= 0.6 is 0 Å². The van der Waals surface area contributed by atoms with Crippen LogP contribution in [0, 0.1) is 11.3 Å². The van der Waals surface area contributed by atoms with Crippen LogP contribution in [0.5, 0.6) is 0 Å². The van der Waals surface area contributed by atoms with E-state index in [1.165, 1.54) is 45.4 Å². The first kappa shape index (κ1) is 17.2. The molecule has 2 heterocycles. The van der Waals surface area contributed by atoms with Crippen LogP contribution in [0.4, 0.5) is 0 Å². The summed E-state index contributed by atoms with van der Waals surface area (Å²) in [4.78, 5) is 5.02. The molecular weight excluding hydrogens is 262 g/mol. The molecule has 124 valence electrons. The molecule has 0 aromatic rings. The van der Waals surface area contributed by atoms with Gasteiger partial charge >= 0.3 is 0 Å². The molecule has 2 rings (SSSR count). The highest BCUT2D eigenvalue weighted by Crippen LogP contribution is 2.31. The van der Waals surface area contributed by atoms with Gasteiger partial charge in [0.25, 0.3) is 0 Å². The molecule has 0 saturated carbocycles. The fourth-order valence-corrected chi connectivity index (χ4v) is 3.71. The second kappa shape index (κ2) is 7.91. The zero-order valence-corrected chi connectivity index (χ0v) is 14.5. The van der Waals surface area contributed by atoms with E-state index >= 15 is 0 Å². The zero-order chi connectivity index (χ0) is 15.3. The Labute approximate surface area is 131 Å². The predicted octanol–water partition coefficient (Wildman–Crippen LogP) is 1.66. The minimum absolute atomic E-state index is 0.346. The third kappa shape index (κ3) is 5.51. The van der Waals surface area contributed by atoms with Crippen molar-refractivity contribution in [2.45, 2.75) is 39.2 Å². The first-order valence-electron chi connectivity index (χ1n) is 8.67. The lowest BCUT2D eigenvalue weighted by Crippen LogP contribution is -2.48. The summed E-state index contributed by atoms with van der Waals surface area (Å²) in [5.41, 5.74) is 0.346. The van der Waals surface area contributed by atoms with E-state index in [0.29, 0.717) is 11.5 Å². The van der Waals surface area contributed by atoms with Crippen LogP contribution in [-0.2, 0) is 4.74 Å². The molecule has 2 fully saturated rings. The highest BCUT2D eigenvalue weighted by Gasteiger charge is 2.37. The molecule has 1 atom stereocenters. The summed E-state index contributed by atoms with van der Waals surface area (Å²) in [6.07, 6.45) is 3.92. The average molecular weight is 297 g/mol. The molecule has 0 radical (unpaired) electrons. The number of hydrogen-bond donors (Lipinski definition) is 1. The van der Waals surface area contributed by atoms with Gasteiger partial charge in [-0.3, -0.25) is 0 Å². The van der Waals surface area contributed by atoms with E-state index in [2.05, 4.69) is 43.1 Å². The monoisotopic (exact) mass is 297 g/mol. The van der Waals surface area contributed by atoms with E-state index in [1.807, 2.05) is 0 Å². The van der Waals surface area contributed by atoms with Crippen LogP contribution in [0.1, 0.15) is 33.1 Å². The van der Waals surface area contributed by atoms with Crippen LogP contribution < -0.4 is 5.32 Å². The van der Waals surface area contributed by atoms with Crippen molar-refractivity contribution in [2.75, 3.05) is 60.0 Å². The third-order valence-corrected chi connectivity index (χ3v) is 4.96. The fraction of sp³-hybridized carbons (Fsp3) is 1.00. The van der Waals surface area contributed by atoms with Gasteiger partial charge in [0, 0.05) is 37.7 Å². The average Bonchev–Trinajstić information content (AvgIpc) is 2.87. The van der Waals surface area contributed by atoms with E-state index in [4.69, 9.17) is 4.74 Å². The molecular formula is C17H35N3O. The van der Waals surface area contributed by atoms with Gasteiger partial charge in [0.15, 0.2) is 0 Å². The summed E-state index contributed by atoms with van der Waals surface area (Å²) in [7, 11) is 4.38. The molecule has 0 spiro atoms. The van der Waals surface area contributed by atoms with Gasteiger partial charge in [-0.15, -0.1) is 0 Å². The predicted molar refractivity (Wildman–Crippen MR) is 88.7 cm³/mol. The molecule has 1 N–H and O–H groups in total. The number of ether oxygens (including phenoxy) is 1. The summed E-state index contributed by atoms with van der Waals surface area (Å²) in [6.45, 7) is 12.4. The standard InChI is InChI=1S/C17H35N3O/c1-15(2)18-12-17(7-10-21-14-17)13-20-8-5-16(6-9-20)11-19(3)4/h15-16,18H,5-14H2,1-4H3. The molecule has 2 saturated heterocycles. The molecule has 4 heteroatoms. The Balaban J connectivity index is 1.79. The second-order valence-electron chi connectivity index (χ2n) is 7.82. The van der Waals surface area contributed by atoms with E-state index in [0.717, 1.165) is 25.7 Å². The minimum Gasteiger partial charge on any atom is -0.381 e. The van der Waals surface area contributed by atoms with Crippen LogP contribution in [-0.4, -0.2) is 75.9 Å². The van der Waals surface area contributed by atoms with Crippen LogP contribution in [0.25, 0.3) is 0 Å². The number of rotatable bonds is 7. The minimum atomic E-state index is 0.346. The van der Waals surface area contributed by atoms with E-state index in [-0.39, 0.29) is 0 Å². The maximum atomic E-state index is 5.73. The van der Waals surface area contributed by atoms with Crippen molar-refractivity contribution in [1.82, 2.24) is 15.1 Å². The van der Waals surface area contributed by atoms with Crippen molar-refractivity contribution < 1.29 is 4.74 Å². The molecule has 1 unspecified atom stereocenters. The van der Waals surface area contributed by atoms with Crippen LogP contribution in [0.2, 0.25) is 0 Å². The lowest BCUT2D eigenvalue weighted by Gasteiger charge is -2.39. The number of nitrogens with one attached hydrogen (secondary N) is 1. The molecule has 21 heavy (non-hydrogen) atoms. The topological polar surface area (TPSA) is 27.7 Å². The lowest BCUT2D eigenvalue weighted by molar-refractivity contribution is 0.0817. The first-order chi connectivity index (χ1) is 9.99. The summed E-state index contributed by atoms with van der Waals surface area (Å²) < 4.78 is 5.73. The molecule has 2 aliphatic heterocycles. The SMILES string of the molecule is CC(C)NCC1(CN2CCC(CN(C)C)CC2)CCOC1. The number of nitrogens with zero attached hydrogens (tertiary/aromatic N) is 2. The van der Waals surface area contributed by atoms with E-state index < -0.39 is 0 Å². The van der Waals surface area contributed by atoms with Gasteiger partial charge in [0.05, 0.1) is 6.61 Å². The Morgan fingerprint density at radius 1 is 1.29 bits per heavy atom. The van der Waals surface area contributed by atoms with Gasteiger partial charge in [-0.25, -0.2) is 0 Å². The fourth-order valence-electron chi connectivity index (χ4n) is 3.71. The lowest BCUT2D eigenvalue weighted by atomic mass is 9.85. The Kier molecular flexibility index (Phi) is 6.48. The Morgan fingerprint density at radius 2 is 2.00 bits per heavy atom. The quantitative estimate of drug-likeness (QED) is 0.773. The van der Waals surface area contributed by atoms with Crippen molar-refractivity contribution in [1.29, 1.82) is 0 Å². The van der Waals surface area contributed by atoms with E-state index in [1.54, 1.807) is 0 Å². The van der Waals surface area contributed by atoms with Gasteiger partial charge in [0.1, 0.15) is 0 Å². The molecule has 0 bridgehead atoms. The highest BCUT2D eigenvalue weighted by atomic mass is 16.5. The van der Waals surface area contributed by atoms with Gasteiger partial charge in [0.2, 0.25) is 0 Å². The molecule has 2 aliphatic rings. The van der Waals surface area contributed by atoms with Gasteiger partial charge in [-0.1, -0.05) is 13.8 Å². The summed E-state index contributed by atoms with van der Waals surface area (Å²) in [5, 5.41) is 3.64. The maximum absolute atomic E-state index is 5.73. The van der Waals surface area contributed by atoms with Crippen molar-refractivity contribution in [3.05, 3.63) is 0 Å². The zero-order valence-electron chi connectivity index (χ0n) is 14.5. The molecule has 4 nitrogen and oxygen atoms in total. The maximum Gasteiger partial charge on any atom is 0.0547 e. The first-order valence-corrected chi connectivity index (χ1v) is 8.67. The smallest absolute Gasteiger partial charge is 0.0547 e. The largest absolute Gasteiger partial charge is 0.381 e. The highest BCUT2D eigenvalue weighted by molar-refractivity contribution is 4.90. The van der Waals surface area contributed by atoms with Crippen molar-refractivity contribution in [3.63, 3.8) is 0 Å². The normalized spacial score (nSPS) is 28.9. The second-order valence-corrected chi connectivity index (χ2v) is 7.82. The molecule has 0 aliphatic carbocycles. The van der Waals surface area contributed by atoms with Crippen LogP contribution in [0.15, 0.2) is 0 Å².